The number of amides is 1. The highest BCUT2D eigenvalue weighted by molar-refractivity contribution is 14.2. The molecule has 5 nitrogen and oxygen atoms in total. The Balaban J connectivity index is 2.07. The van der Waals surface area contributed by atoms with Crippen LogP contribution in [0.15, 0.2) is 32.2 Å². The van der Waals surface area contributed by atoms with Crippen LogP contribution in [0.2, 0.25) is 0 Å². The van der Waals surface area contributed by atoms with Crippen molar-refractivity contribution in [2.24, 2.45) is 12.0 Å². The number of nitrogens with zero attached hydrogens (tertiary/aromatic N) is 3. The van der Waals surface area contributed by atoms with E-state index in [9.17, 15) is 4.79 Å². The number of halogens is 1. The van der Waals surface area contributed by atoms with Crippen LogP contribution >= 0.6 is 32.5 Å². The molecule has 1 aromatic carbocycles. The molecule has 1 aromatic heterocycles. The van der Waals surface area contributed by atoms with E-state index in [1.54, 1.807) is 11.8 Å². The molecule has 0 atom stereocenters. The summed E-state index contributed by atoms with van der Waals surface area (Å²) in [5.74, 6) is 0.903. The number of benzene rings is 1. The first-order valence-electron chi connectivity index (χ1n) is 9.97. The third-order valence-corrected chi connectivity index (χ3v) is 8.45. The number of carbonyl (C=O) groups excluding carboxylic acids is 1. The monoisotopic (exact) mass is 534 g/mol. The molecule has 158 valence electrons. The van der Waals surface area contributed by atoms with Gasteiger partial charge in [0.1, 0.15) is 11.5 Å². The number of allylic oxidation sites excluding steroid dienone is 1. The van der Waals surface area contributed by atoms with Crippen molar-refractivity contribution in [1.29, 1.82) is 0 Å². The second-order valence-electron chi connectivity index (χ2n) is 7.04. The molecule has 30 heavy (non-hydrogen) atoms. The Morgan fingerprint density at radius 2 is 2.20 bits per heavy atom. The van der Waals surface area contributed by atoms with Crippen LogP contribution in [0.25, 0.3) is 16.2 Å². The van der Waals surface area contributed by atoms with Gasteiger partial charge in [0.25, 0.3) is 0 Å². The number of thioether (sulfide) groups is 1. The molecule has 2 heterocycles. The van der Waals surface area contributed by atoms with Gasteiger partial charge in [-0.25, -0.2) is 4.98 Å². The highest BCUT2D eigenvalue weighted by Gasteiger charge is 2.21. The van der Waals surface area contributed by atoms with E-state index in [-0.39, 0.29) is 26.6 Å². The van der Waals surface area contributed by atoms with Crippen molar-refractivity contribution in [2.75, 3.05) is 0 Å². The lowest BCUT2D eigenvalue weighted by Crippen LogP contribution is -2.23. The topological polar surface area (TPSA) is 59.3 Å². The fourth-order valence-corrected chi connectivity index (χ4v) is 6.13. The van der Waals surface area contributed by atoms with Crippen LogP contribution in [0, 0.1) is 6.92 Å². The number of aliphatic imine (C=N–C) groups is 1. The Bertz CT molecular complexity index is 1090. The lowest BCUT2D eigenvalue weighted by atomic mass is 10.1. The summed E-state index contributed by atoms with van der Waals surface area (Å²) >= 11 is 1.46. The molecular formula is C23H27IN4OS. The van der Waals surface area contributed by atoms with Crippen LogP contribution in [0.1, 0.15) is 50.7 Å². The standard InChI is InChI=1S/C23H27IN4OS/c1-6-8-21(29)26-13-20-27-22(19-12-24-16(4)14-30-19)23(28(20)5)17-9-10-18(25-7-2)15(3)11-17/h7,9-11,14H,6,8,13H2,1-5H3,(H,26,29). The number of rotatable bonds is 7. The van der Waals surface area contributed by atoms with E-state index >= 15 is 0 Å². The van der Waals surface area contributed by atoms with Crippen molar-refractivity contribution in [3.05, 3.63) is 44.3 Å². The molecule has 0 fully saturated rings. The lowest BCUT2D eigenvalue weighted by Gasteiger charge is -2.11. The summed E-state index contributed by atoms with van der Waals surface area (Å²) in [7, 11) is 2.02. The molecule has 1 aliphatic rings. The summed E-state index contributed by atoms with van der Waals surface area (Å²) in [5.41, 5.74) is 5.18. The molecule has 1 amide bonds. The van der Waals surface area contributed by atoms with Gasteiger partial charge in [-0.1, -0.05) is 28.4 Å². The van der Waals surface area contributed by atoms with Crippen molar-refractivity contribution in [3.63, 3.8) is 0 Å². The van der Waals surface area contributed by atoms with Gasteiger partial charge in [-0.2, -0.15) is 0 Å². The fourth-order valence-electron chi connectivity index (χ4n) is 3.17. The predicted octanol–water partition coefficient (Wildman–Crippen LogP) is 5.85. The number of carbonyl (C=O) groups is 1. The van der Waals surface area contributed by atoms with Crippen molar-refractivity contribution in [3.8, 4) is 11.3 Å². The molecule has 0 aliphatic carbocycles. The third-order valence-electron chi connectivity index (χ3n) is 4.68. The summed E-state index contributed by atoms with van der Waals surface area (Å²) < 4.78 is 7.10. The van der Waals surface area contributed by atoms with E-state index in [1.165, 1.54) is 3.58 Å². The van der Waals surface area contributed by atoms with Gasteiger partial charge in [0.15, 0.2) is 0 Å². The molecule has 0 radical (unpaired) electrons. The van der Waals surface area contributed by atoms with Gasteiger partial charge < -0.3 is 9.88 Å². The normalized spacial score (nSPS) is 13.8. The third kappa shape index (κ3) is 5.20. The SMILES string of the molecule is CC=Nc1ccc(-c2c(C3=C=IC(C)=CS3)nc(CNC(=O)CCC)n2C)cc1C. The molecule has 0 unspecified atom stereocenters. The number of imidazole rings is 1. The molecule has 3 rings (SSSR count). The van der Waals surface area contributed by atoms with Crippen LogP contribution in [0.3, 0.4) is 0 Å². The van der Waals surface area contributed by atoms with Crippen molar-refractivity contribution >= 4 is 58.9 Å². The maximum absolute atomic E-state index is 12.0. The van der Waals surface area contributed by atoms with Crippen molar-refractivity contribution < 1.29 is 4.79 Å². The van der Waals surface area contributed by atoms with Crippen molar-refractivity contribution in [1.82, 2.24) is 14.9 Å². The minimum Gasteiger partial charge on any atom is -0.349 e. The summed E-state index contributed by atoms with van der Waals surface area (Å²) in [6.07, 6.45) is 3.18. The molecule has 7 heteroatoms. The molecule has 0 spiro atoms. The van der Waals surface area contributed by atoms with E-state index in [2.05, 4.69) is 49.9 Å². The maximum Gasteiger partial charge on any atom is 0.220 e. The van der Waals surface area contributed by atoms with Gasteiger partial charge >= 0.3 is 0 Å². The zero-order valence-corrected chi connectivity index (χ0v) is 21.0. The number of aryl methyl sites for hydroxylation is 1. The Kier molecular flexibility index (Phi) is 7.86. The minimum atomic E-state index is -0.223. The van der Waals surface area contributed by atoms with Gasteiger partial charge in [-0.3, -0.25) is 9.79 Å². The Morgan fingerprint density at radius 1 is 1.40 bits per heavy atom. The van der Waals surface area contributed by atoms with Crippen molar-refractivity contribution in [2.45, 2.75) is 47.1 Å². The Hall–Kier alpha value is -1.96. The Labute approximate surface area is 192 Å². The highest BCUT2D eigenvalue weighted by atomic mass is 127. The molecule has 0 saturated heterocycles. The first kappa shape index (κ1) is 22.7. The molecule has 1 N–H and O–H groups in total. The largest absolute Gasteiger partial charge is 0.349 e. The molecular weight excluding hydrogens is 507 g/mol. The molecule has 0 bridgehead atoms. The van der Waals surface area contributed by atoms with E-state index in [0.717, 1.165) is 45.4 Å². The summed E-state index contributed by atoms with van der Waals surface area (Å²) in [6, 6.07) is 6.30. The second kappa shape index (κ2) is 10.4. The quantitative estimate of drug-likeness (QED) is 0.358. The maximum atomic E-state index is 12.0. The average molecular weight is 534 g/mol. The first-order valence-corrected chi connectivity index (χ1v) is 13.0. The second-order valence-corrected chi connectivity index (χ2v) is 10.7. The number of nitrogens with one attached hydrogen (secondary N) is 1. The van der Waals surface area contributed by atoms with E-state index in [1.807, 2.05) is 33.2 Å². The van der Waals surface area contributed by atoms with Crippen LogP contribution in [-0.2, 0) is 18.4 Å². The summed E-state index contributed by atoms with van der Waals surface area (Å²) in [5, 5.41) is 5.21. The summed E-state index contributed by atoms with van der Waals surface area (Å²) in [6.45, 7) is 8.58. The highest BCUT2D eigenvalue weighted by Crippen LogP contribution is 2.39. The zero-order chi connectivity index (χ0) is 21.7. The zero-order valence-electron chi connectivity index (χ0n) is 18.0. The van der Waals surface area contributed by atoms with Gasteiger partial charge in [-0.05, 0) is 74.6 Å². The molecule has 2 aromatic rings. The predicted molar refractivity (Wildman–Crippen MR) is 138 cm³/mol. The van der Waals surface area contributed by atoms with E-state index in [0.29, 0.717) is 13.0 Å². The van der Waals surface area contributed by atoms with Gasteiger partial charge in [0, 0.05) is 25.2 Å². The summed E-state index contributed by atoms with van der Waals surface area (Å²) in [4.78, 5) is 22.4. The van der Waals surface area contributed by atoms with E-state index < -0.39 is 0 Å². The lowest BCUT2D eigenvalue weighted by molar-refractivity contribution is -0.121. The minimum absolute atomic E-state index is 0.0588. The number of aromatic nitrogens is 2. The van der Waals surface area contributed by atoms with Gasteiger partial charge in [0.2, 0.25) is 5.91 Å². The molecule has 0 saturated carbocycles. The number of hydrogen-bond acceptors (Lipinski definition) is 4. The van der Waals surface area contributed by atoms with Gasteiger partial charge in [-0.15, -0.1) is 0 Å². The average Bonchev–Trinajstić information content (AvgIpc) is 3.05. The Morgan fingerprint density at radius 3 is 2.83 bits per heavy atom. The fraction of sp³-hybridized carbons (Fsp3) is 0.348. The van der Waals surface area contributed by atoms with Gasteiger partial charge in [0.05, 0.1) is 22.8 Å². The van der Waals surface area contributed by atoms with Crippen LogP contribution < -0.4 is 5.32 Å². The smallest absolute Gasteiger partial charge is 0.220 e. The van der Waals surface area contributed by atoms with Crippen LogP contribution in [-0.4, -0.2) is 25.3 Å². The molecule has 1 aliphatic heterocycles. The first-order chi connectivity index (χ1) is 14.4. The van der Waals surface area contributed by atoms with E-state index in [4.69, 9.17) is 4.98 Å². The van der Waals surface area contributed by atoms with Crippen LogP contribution in [0.4, 0.5) is 5.69 Å². The number of hydrogen-bond donors (Lipinski definition) is 1. The van der Waals surface area contributed by atoms with Crippen LogP contribution in [0.5, 0.6) is 0 Å².